The van der Waals surface area contributed by atoms with E-state index in [1.165, 1.54) is 17.0 Å². The first kappa shape index (κ1) is 56.5. The predicted octanol–water partition coefficient (Wildman–Crippen LogP) is -3.40. The number of primary amides is 1. The molecule has 76 heavy (non-hydrogen) atoms. The van der Waals surface area contributed by atoms with Gasteiger partial charge in [-0.15, -0.1) is 0 Å². The van der Waals surface area contributed by atoms with Crippen molar-refractivity contribution in [3.63, 3.8) is 0 Å². The maximum Gasteiger partial charge on any atom is 0.270 e. The Balaban J connectivity index is 1.40. The largest absolute Gasteiger partial charge is 0.397 e. The minimum Gasteiger partial charge on any atom is -0.397 e. The van der Waals surface area contributed by atoms with Gasteiger partial charge in [0.25, 0.3) is 29.5 Å². The number of guanidine groups is 4. The number of carbonyl (C=O) groups excluding carboxylic acids is 6. The maximum atomic E-state index is 14.4. The molecule has 0 heterocycles. The number of aliphatic imine (C=N–C) groups is 4. The Morgan fingerprint density at radius 1 is 0.513 bits per heavy atom. The number of hydrogen-bond acceptors (Lipinski definition) is 13. The number of anilines is 2. The fraction of sp³-hybridized carbons (Fsp3) is 0.184. The van der Waals surface area contributed by atoms with Gasteiger partial charge in [0.05, 0.1) is 11.4 Å². The molecule has 6 unspecified atom stereocenters. The highest BCUT2D eigenvalue weighted by atomic mass is 16.3. The number of aryl methyl sites for hydroxylation is 1. The lowest BCUT2D eigenvalue weighted by atomic mass is 10.0. The number of aliphatic hydroxyl groups is 1. The average molecular weight is 1040 g/mol. The highest BCUT2D eigenvalue weighted by Crippen LogP contribution is 2.33. The van der Waals surface area contributed by atoms with E-state index in [0.29, 0.717) is 16.6 Å². The third-order valence-corrected chi connectivity index (χ3v) is 10.8. The monoisotopic (exact) mass is 1040 g/mol. The van der Waals surface area contributed by atoms with Gasteiger partial charge in [0.1, 0.15) is 6.04 Å². The van der Waals surface area contributed by atoms with Gasteiger partial charge in [0.2, 0.25) is 36.8 Å². The van der Waals surface area contributed by atoms with E-state index >= 15 is 0 Å². The molecule has 0 saturated heterocycles. The standard InChI is InChI=1S/C49H60N20O7/c50-33-31-18-10-9-15-29(31)23-24-32(33)69(25-28-21-19-27(20-22-28)14-8-7-13-26-11-3-1-4-12-26)45(76)44(75)60-34(30-16-5-2-6-17-30)40(71)62-37(66-47(54)55)42(73)64-39(68-49(58)59)43(74)63-38(67-48(56)57)41(72)61-36(35(51)70)65-46(52)53/h1-7,9-13,15-24,34,36-39,45,76H,8,14,25,50H2,(H2,51,70)(H,60,75)(H,61,72)(H,62,71)(H,63,74)(H,64,73)(H4,52,53,65)(H4,54,55,66)(H4,56,57,67)(H4,58,59,68). The Kier molecular flexibility index (Phi) is 20.0. The van der Waals surface area contributed by atoms with Gasteiger partial charge in [-0.1, -0.05) is 127 Å². The van der Waals surface area contributed by atoms with Crippen molar-refractivity contribution >= 4 is 87.5 Å². The number of benzene rings is 5. The summed E-state index contributed by atoms with van der Waals surface area (Å²) in [6, 6.07) is 34.4. The van der Waals surface area contributed by atoms with Crippen molar-refractivity contribution in [1.82, 2.24) is 26.6 Å². The average Bonchev–Trinajstić information content (AvgIpc) is 3.38. The van der Waals surface area contributed by atoms with E-state index in [2.05, 4.69) is 53.4 Å². The molecule has 6 amide bonds. The SMILES string of the molecule is NC(=O)C(N=C(N)N)NC(=O)C(N=C(N)N)NC(=O)C(N=C(N)N)NC(=O)C(N=C(N)N)NC(=O)C(NC(=O)C(O)N(Cc1ccc(CCC=Cc2ccccc2)cc1)c1ccc2ccccc2c1N)c1ccccc1. The van der Waals surface area contributed by atoms with Gasteiger partial charge in [-0.05, 0) is 46.5 Å². The van der Waals surface area contributed by atoms with E-state index in [1.807, 2.05) is 72.0 Å². The zero-order chi connectivity index (χ0) is 55.5. The highest BCUT2D eigenvalue weighted by molar-refractivity contribution is 6.01. The number of nitrogens with two attached hydrogens (primary N) is 10. The summed E-state index contributed by atoms with van der Waals surface area (Å²) in [6.45, 7) is -0.0337. The molecular weight excluding hydrogens is 981 g/mol. The van der Waals surface area contributed by atoms with Crippen molar-refractivity contribution in [3.8, 4) is 0 Å². The van der Waals surface area contributed by atoms with Crippen molar-refractivity contribution < 1.29 is 33.9 Å². The van der Waals surface area contributed by atoms with Gasteiger partial charge >= 0.3 is 0 Å². The summed E-state index contributed by atoms with van der Waals surface area (Å²) >= 11 is 0. The minimum absolute atomic E-state index is 0.0337. The van der Waals surface area contributed by atoms with Crippen LogP contribution in [0, 0.1) is 0 Å². The van der Waals surface area contributed by atoms with Gasteiger partial charge in [-0.3, -0.25) is 28.8 Å². The van der Waals surface area contributed by atoms with Crippen molar-refractivity contribution in [1.29, 1.82) is 0 Å². The predicted molar refractivity (Wildman–Crippen MR) is 288 cm³/mol. The van der Waals surface area contributed by atoms with Crippen LogP contribution in [0.3, 0.4) is 0 Å². The molecule has 26 N–H and O–H groups in total. The van der Waals surface area contributed by atoms with Crippen LogP contribution in [0.15, 0.2) is 147 Å². The van der Waals surface area contributed by atoms with Crippen molar-refractivity contribution in [2.45, 2.75) is 56.3 Å². The molecule has 0 aliphatic carbocycles. The molecule has 0 saturated carbocycles. The molecule has 0 fully saturated rings. The summed E-state index contributed by atoms with van der Waals surface area (Å²) in [5, 5.41) is 24.6. The molecule has 5 aromatic carbocycles. The minimum atomic E-state index is -2.15. The molecule has 5 rings (SSSR count). The molecule has 0 aromatic heterocycles. The first-order valence-electron chi connectivity index (χ1n) is 22.9. The van der Waals surface area contributed by atoms with E-state index in [1.54, 1.807) is 42.5 Å². The lowest BCUT2D eigenvalue weighted by Crippen LogP contribution is -2.58. The summed E-state index contributed by atoms with van der Waals surface area (Å²) < 4.78 is 0. The van der Waals surface area contributed by atoms with Crippen LogP contribution in [0.2, 0.25) is 0 Å². The molecule has 27 heteroatoms. The fourth-order valence-corrected chi connectivity index (χ4v) is 7.28. The first-order valence-corrected chi connectivity index (χ1v) is 22.9. The van der Waals surface area contributed by atoms with E-state index in [4.69, 9.17) is 57.3 Å². The topological polar surface area (TPSA) is 496 Å². The molecule has 398 valence electrons. The maximum absolute atomic E-state index is 14.4. The van der Waals surface area contributed by atoms with Crippen LogP contribution in [-0.2, 0) is 41.7 Å². The van der Waals surface area contributed by atoms with E-state index < -0.39 is 96.2 Å². The number of amides is 6. The Morgan fingerprint density at radius 2 is 0.974 bits per heavy atom. The molecule has 0 aliphatic rings. The smallest absolute Gasteiger partial charge is 0.270 e. The summed E-state index contributed by atoms with van der Waals surface area (Å²) in [7, 11) is 0. The van der Waals surface area contributed by atoms with Crippen molar-refractivity contribution in [2.24, 2.45) is 71.6 Å². The number of hydrogen-bond donors (Lipinski definition) is 16. The summed E-state index contributed by atoms with van der Waals surface area (Å²) in [5.74, 6) is -10.4. The molecule has 0 spiro atoms. The van der Waals surface area contributed by atoms with Gasteiger partial charge in [-0.2, -0.15) is 0 Å². The molecule has 0 bridgehead atoms. The Labute approximate surface area is 435 Å². The molecular formula is C49H60N20O7. The molecule has 0 aliphatic heterocycles. The quantitative estimate of drug-likeness (QED) is 0.0124. The van der Waals surface area contributed by atoms with Gasteiger partial charge < -0.3 is 93.9 Å². The van der Waals surface area contributed by atoms with E-state index in [-0.39, 0.29) is 17.8 Å². The highest BCUT2D eigenvalue weighted by Gasteiger charge is 2.35. The van der Waals surface area contributed by atoms with Crippen LogP contribution in [0.25, 0.3) is 16.8 Å². The number of aliphatic hydroxyl groups excluding tert-OH is 1. The summed E-state index contributed by atoms with van der Waals surface area (Å²) in [6.07, 6.45) is -4.49. The second-order valence-corrected chi connectivity index (χ2v) is 16.5. The fourth-order valence-electron chi connectivity index (χ4n) is 7.28. The Morgan fingerprint density at radius 3 is 1.50 bits per heavy atom. The van der Waals surface area contributed by atoms with Crippen molar-refractivity contribution in [3.05, 3.63) is 150 Å². The second kappa shape index (κ2) is 26.8. The third kappa shape index (κ3) is 16.6. The van der Waals surface area contributed by atoms with Gasteiger partial charge in [0, 0.05) is 11.9 Å². The normalized spacial score (nSPS) is 13.2. The van der Waals surface area contributed by atoms with Crippen LogP contribution in [-0.4, -0.2) is 95.3 Å². The van der Waals surface area contributed by atoms with Crippen LogP contribution in [0.4, 0.5) is 11.4 Å². The Bertz CT molecular complexity index is 3010. The lowest BCUT2D eigenvalue weighted by Gasteiger charge is -2.32. The van der Waals surface area contributed by atoms with E-state index in [0.717, 1.165) is 29.4 Å². The number of rotatable bonds is 24. The molecule has 6 atom stereocenters. The van der Waals surface area contributed by atoms with Crippen LogP contribution in [0.5, 0.6) is 0 Å². The van der Waals surface area contributed by atoms with Crippen LogP contribution < -0.4 is 88.8 Å². The van der Waals surface area contributed by atoms with E-state index in [9.17, 15) is 33.9 Å². The van der Waals surface area contributed by atoms with Gasteiger partial charge in [-0.25, -0.2) is 20.0 Å². The first-order chi connectivity index (χ1) is 36.2. The number of nitrogen functional groups attached to an aromatic ring is 1. The molecule has 5 aromatic rings. The summed E-state index contributed by atoms with van der Waals surface area (Å²) in [4.78, 5) is 97.3. The second-order valence-electron chi connectivity index (χ2n) is 16.5. The number of nitrogens with one attached hydrogen (secondary N) is 5. The summed E-state index contributed by atoms with van der Waals surface area (Å²) in [5.41, 5.74) is 59.6. The zero-order valence-electron chi connectivity index (χ0n) is 40.7. The lowest BCUT2D eigenvalue weighted by molar-refractivity contribution is -0.136. The zero-order valence-corrected chi connectivity index (χ0v) is 40.7. The third-order valence-electron chi connectivity index (χ3n) is 10.8. The van der Waals surface area contributed by atoms with Crippen molar-refractivity contribution in [2.75, 3.05) is 10.6 Å². The number of nitrogens with zero attached hydrogens (tertiary/aromatic N) is 5. The number of allylic oxidation sites excluding steroid dienone is 1. The number of fused-ring (bicyclic) bond motifs is 1. The van der Waals surface area contributed by atoms with Gasteiger partial charge in [0.15, 0.2) is 23.8 Å². The molecule has 27 nitrogen and oxygen atoms in total. The Hall–Kier alpha value is -10.4. The number of carbonyl (C=O) groups is 6. The molecule has 0 radical (unpaired) electrons. The van der Waals surface area contributed by atoms with Crippen LogP contribution >= 0.6 is 0 Å². The van der Waals surface area contributed by atoms with Crippen LogP contribution in [0.1, 0.15) is 34.7 Å².